The Balaban J connectivity index is 2.14. The molecule has 0 bridgehead atoms. The first-order valence-electron chi connectivity index (χ1n) is 7.19. The lowest BCUT2D eigenvalue weighted by atomic mass is 10.2. The van der Waals surface area contributed by atoms with E-state index in [-0.39, 0.29) is 39.5 Å². The highest BCUT2D eigenvalue weighted by atomic mass is 35.5. The quantitative estimate of drug-likeness (QED) is 0.764. The Bertz CT molecular complexity index is 937. The molecule has 124 valence electrons. The summed E-state index contributed by atoms with van der Waals surface area (Å²) >= 11 is 6.27. The van der Waals surface area contributed by atoms with Crippen molar-refractivity contribution in [1.29, 1.82) is 0 Å². The van der Waals surface area contributed by atoms with E-state index >= 15 is 0 Å². The van der Waals surface area contributed by atoms with Gasteiger partial charge in [0, 0.05) is 18.5 Å². The largest absolute Gasteiger partial charge is 0.507 e. The van der Waals surface area contributed by atoms with Crippen molar-refractivity contribution in [2.24, 2.45) is 0 Å². The molecular formula is C17H14ClNO5. The molecule has 0 spiro atoms. The molecule has 0 saturated heterocycles. The summed E-state index contributed by atoms with van der Waals surface area (Å²) in [7, 11) is 0. The maximum atomic E-state index is 12.3. The van der Waals surface area contributed by atoms with Crippen LogP contribution in [0.15, 0.2) is 45.9 Å². The normalized spacial score (nSPS) is 11.0. The second-order valence-electron chi connectivity index (χ2n) is 5.29. The van der Waals surface area contributed by atoms with Crippen molar-refractivity contribution >= 4 is 22.6 Å². The van der Waals surface area contributed by atoms with Crippen LogP contribution in [-0.4, -0.2) is 16.2 Å². The predicted octanol–water partition coefficient (Wildman–Crippen LogP) is 4.13. The maximum Gasteiger partial charge on any atom is 0.294 e. The highest BCUT2D eigenvalue weighted by Crippen LogP contribution is 2.39. The Labute approximate surface area is 142 Å². The number of hydrogen-bond acceptors (Lipinski definition) is 6. The number of fused-ring (bicyclic) bond motifs is 1. The molecule has 0 aliphatic carbocycles. The Morgan fingerprint density at radius 1 is 1.25 bits per heavy atom. The summed E-state index contributed by atoms with van der Waals surface area (Å²) in [6.45, 7) is 3.63. The van der Waals surface area contributed by atoms with Gasteiger partial charge < -0.3 is 19.0 Å². The number of phenols is 1. The average Bonchev–Trinajstić information content (AvgIpc) is 2.52. The van der Waals surface area contributed by atoms with Crippen molar-refractivity contribution in [2.75, 3.05) is 0 Å². The molecule has 0 aliphatic rings. The molecule has 1 aromatic carbocycles. The van der Waals surface area contributed by atoms with Gasteiger partial charge in [-0.25, -0.2) is 0 Å². The van der Waals surface area contributed by atoms with E-state index in [1.54, 1.807) is 24.5 Å². The fourth-order valence-electron chi connectivity index (χ4n) is 2.15. The van der Waals surface area contributed by atoms with Crippen LogP contribution in [0.5, 0.6) is 23.2 Å². The minimum atomic E-state index is -0.476. The van der Waals surface area contributed by atoms with Crippen molar-refractivity contribution < 1.29 is 19.0 Å². The van der Waals surface area contributed by atoms with Gasteiger partial charge in [-0.2, -0.15) is 0 Å². The molecule has 3 aromatic rings. The van der Waals surface area contributed by atoms with Gasteiger partial charge >= 0.3 is 0 Å². The summed E-state index contributed by atoms with van der Waals surface area (Å²) in [4.78, 5) is 16.2. The van der Waals surface area contributed by atoms with Gasteiger partial charge in [0.05, 0.1) is 12.2 Å². The molecule has 3 rings (SSSR count). The smallest absolute Gasteiger partial charge is 0.294 e. The summed E-state index contributed by atoms with van der Waals surface area (Å²) in [6.07, 6.45) is 2.92. The molecule has 0 aliphatic heterocycles. The third-order valence-electron chi connectivity index (χ3n) is 3.10. The number of halogens is 1. The van der Waals surface area contributed by atoms with E-state index in [0.29, 0.717) is 5.75 Å². The Kier molecular flexibility index (Phi) is 4.31. The molecule has 0 atom stereocenters. The second kappa shape index (κ2) is 6.41. The van der Waals surface area contributed by atoms with Gasteiger partial charge in [0.25, 0.3) is 5.95 Å². The van der Waals surface area contributed by atoms with E-state index in [9.17, 15) is 9.90 Å². The zero-order valence-electron chi connectivity index (χ0n) is 12.9. The number of aromatic nitrogens is 1. The minimum absolute atomic E-state index is 0.00359. The monoisotopic (exact) mass is 347 g/mol. The third kappa shape index (κ3) is 3.14. The first-order chi connectivity index (χ1) is 11.5. The third-order valence-corrected chi connectivity index (χ3v) is 3.45. The lowest BCUT2D eigenvalue weighted by Gasteiger charge is -2.13. The summed E-state index contributed by atoms with van der Waals surface area (Å²) in [6, 6.07) is 5.66. The van der Waals surface area contributed by atoms with Gasteiger partial charge in [0.2, 0.25) is 5.43 Å². The van der Waals surface area contributed by atoms with Crippen molar-refractivity contribution in [3.8, 4) is 23.2 Å². The van der Waals surface area contributed by atoms with E-state index in [4.69, 9.17) is 25.5 Å². The Hall–Kier alpha value is -2.73. The molecule has 2 heterocycles. The molecule has 0 radical (unpaired) electrons. The molecule has 24 heavy (non-hydrogen) atoms. The van der Waals surface area contributed by atoms with E-state index in [1.165, 1.54) is 6.07 Å². The fourth-order valence-corrected chi connectivity index (χ4v) is 2.39. The van der Waals surface area contributed by atoms with Crippen LogP contribution in [0.2, 0.25) is 5.02 Å². The number of phenolic OH excluding ortho intramolecular Hbond substituents is 1. The molecule has 0 saturated carbocycles. The standard InChI is InChI=1S/C17H14ClNO5/c1-9(2)22-13-7-11(20)15-12(21)8-14(24-17(15)16(13)18)23-10-3-5-19-6-4-10/h3-9,20H,1-2H3. The van der Waals surface area contributed by atoms with Gasteiger partial charge in [0.1, 0.15) is 27.7 Å². The second-order valence-corrected chi connectivity index (χ2v) is 5.67. The lowest BCUT2D eigenvalue weighted by molar-refractivity contribution is 0.241. The molecule has 6 nitrogen and oxygen atoms in total. The van der Waals surface area contributed by atoms with Crippen molar-refractivity contribution in [3.63, 3.8) is 0 Å². The number of rotatable bonds is 4. The minimum Gasteiger partial charge on any atom is -0.507 e. The van der Waals surface area contributed by atoms with E-state index < -0.39 is 5.43 Å². The summed E-state index contributed by atoms with van der Waals surface area (Å²) in [5.74, 6) is 0.347. The number of benzene rings is 1. The van der Waals surface area contributed by atoms with Crippen LogP contribution in [0, 0.1) is 0 Å². The van der Waals surface area contributed by atoms with Crippen LogP contribution in [0.25, 0.3) is 11.0 Å². The van der Waals surface area contributed by atoms with Crippen molar-refractivity contribution in [2.45, 2.75) is 20.0 Å². The molecular weight excluding hydrogens is 334 g/mol. The van der Waals surface area contributed by atoms with Crippen molar-refractivity contribution in [1.82, 2.24) is 4.98 Å². The van der Waals surface area contributed by atoms with Crippen molar-refractivity contribution in [3.05, 3.63) is 51.9 Å². The lowest BCUT2D eigenvalue weighted by Crippen LogP contribution is -2.07. The van der Waals surface area contributed by atoms with Crippen LogP contribution in [0.1, 0.15) is 13.8 Å². The van der Waals surface area contributed by atoms with Gasteiger partial charge in [-0.15, -0.1) is 0 Å². The Morgan fingerprint density at radius 2 is 1.96 bits per heavy atom. The Morgan fingerprint density at radius 3 is 2.62 bits per heavy atom. The van der Waals surface area contributed by atoms with Gasteiger partial charge in [-0.05, 0) is 26.0 Å². The zero-order chi connectivity index (χ0) is 17.3. The highest BCUT2D eigenvalue weighted by Gasteiger charge is 2.19. The van der Waals surface area contributed by atoms with Gasteiger partial charge in [-0.1, -0.05) is 11.6 Å². The summed E-state index contributed by atoms with van der Waals surface area (Å²) < 4.78 is 16.6. The molecule has 1 N–H and O–H groups in total. The summed E-state index contributed by atoms with van der Waals surface area (Å²) in [5, 5.41) is 10.2. The molecule has 2 aromatic heterocycles. The number of pyridine rings is 1. The first-order valence-corrected chi connectivity index (χ1v) is 7.57. The van der Waals surface area contributed by atoms with E-state index in [0.717, 1.165) is 6.07 Å². The van der Waals surface area contributed by atoms with Crippen LogP contribution in [0.3, 0.4) is 0 Å². The highest BCUT2D eigenvalue weighted by molar-refractivity contribution is 6.36. The predicted molar refractivity (Wildman–Crippen MR) is 89.2 cm³/mol. The van der Waals surface area contributed by atoms with E-state index in [2.05, 4.69) is 4.98 Å². The van der Waals surface area contributed by atoms with E-state index in [1.807, 2.05) is 13.8 Å². The number of hydrogen-bond donors (Lipinski definition) is 1. The molecule has 7 heteroatoms. The summed E-state index contributed by atoms with van der Waals surface area (Å²) in [5.41, 5.74) is -0.473. The van der Waals surface area contributed by atoms with Gasteiger partial charge in [0.15, 0.2) is 5.58 Å². The number of ether oxygens (including phenoxy) is 2. The number of aromatic hydroxyl groups is 1. The molecule has 0 unspecified atom stereocenters. The maximum absolute atomic E-state index is 12.3. The average molecular weight is 348 g/mol. The first kappa shape index (κ1) is 16.1. The topological polar surface area (TPSA) is 81.8 Å². The molecule has 0 fully saturated rings. The number of nitrogens with zero attached hydrogens (tertiary/aromatic N) is 1. The zero-order valence-corrected chi connectivity index (χ0v) is 13.7. The SMILES string of the molecule is CC(C)Oc1cc(O)c2c(=O)cc(Oc3ccncc3)oc2c1Cl. The van der Waals surface area contributed by atoms with Crippen LogP contribution in [-0.2, 0) is 0 Å². The molecule has 0 amide bonds. The van der Waals surface area contributed by atoms with Crippen LogP contribution >= 0.6 is 11.6 Å². The van der Waals surface area contributed by atoms with Crippen LogP contribution in [0.4, 0.5) is 0 Å². The van der Waals surface area contributed by atoms with Crippen LogP contribution < -0.4 is 14.9 Å². The van der Waals surface area contributed by atoms with Gasteiger partial charge in [-0.3, -0.25) is 9.78 Å². The fraction of sp³-hybridized carbons (Fsp3) is 0.176.